The van der Waals surface area contributed by atoms with Gasteiger partial charge in [0.15, 0.2) is 15.8 Å². The van der Waals surface area contributed by atoms with Crippen LogP contribution in [0, 0.1) is 0 Å². The van der Waals surface area contributed by atoms with Crippen molar-refractivity contribution >= 4 is 63.3 Å². The minimum Gasteiger partial charge on any atom is -0.490 e. The average molecular weight is 525 g/mol. The van der Waals surface area contributed by atoms with Gasteiger partial charge in [0.05, 0.1) is 17.2 Å². The summed E-state index contributed by atoms with van der Waals surface area (Å²) in [6, 6.07) is 20.9. The summed E-state index contributed by atoms with van der Waals surface area (Å²) in [4.78, 5) is 17.3. The van der Waals surface area contributed by atoms with Crippen molar-refractivity contribution in [2.75, 3.05) is 30.5 Å². The van der Waals surface area contributed by atoms with Crippen molar-refractivity contribution in [3.8, 4) is 11.5 Å². The van der Waals surface area contributed by atoms with Gasteiger partial charge in [0, 0.05) is 24.8 Å². The maximum absolute atomic E-state index is 13.2. The van der Waals surface area contributed by atoms with Gasteiger partial charge >= 0.3 is 0 Å². The highest BCUT2D eigenvalue weighted by atomic mass is 35.5. The zero-order chi connectivity index (χ0) is 24.9. The molecule has 1 heterocycles. The number of rotatable bonds is 8. The Morgan fingerprint density at radius 3 is 2.37 bits per heavy atom. The predicted molar refractivity (Wildman–Crippen MR) is 150 cm³/mol. The Hall–Kier alpha value is -3.00. The molecule has 5 nitrogen and oxygen atoms in total. The van der Waals surface area contributed by atoms with Crippen molar-refractivity contribution in [1.82, 2.24) is 0 Å². The summed E-state index contributed by atoms with van der Waals surface area (Å²) in [5.41, 5.74) is 3.64. The number of carbonyl (C=O) groups is 1. The van der Waals surface area contributed by atoms with E-state index >= 15 is 0 Å². The Morgan fingerprint density at radius 1 is 1.00 bits per heavy atom. The normalized spacial score (nSPS) is 14.5. The zero-order valence-electron chi connectivity index (χ0n) is 19.7. The van der Waals surface area contributed by atoms with Gasteiger partial charge in [-0.05, 0) is 72.7 Å². The second-order valence-corrected chi connectivity index (χ2v) is 10.1. The highest BCUT2D eigenvalue weighted by molar-refractivity contribution is 8.27. The molecule has 0 N–H and O–H groups in total. The molecule has 0 unspecified atom stereocenters. The molecule has 1 aliphatic heterocycles. The molecule has 4 rings (SSSR count). The molecule has 0 spiro atoms. The molecule has 8 heteroatoms. The van der Waals surface area contributed by atoms with Gasteiger partial charge < -0.3 is 14.4 Å². The first-order valence-electron chi connectivity index (χ1n) is 11.0. The molecule has 1 aliphatic rings. The Labute approximate surface area is 220 Å². The van der Waals surface area contributed by atoms with Crippen LogP contribution in [0.1, 0.15) is 18.1 Å². The van der Waals surface area contributed by atoms with Crippen LogP contribution in [-0.4, -0.2) is 30.9 Å². The monoisotopic (exact) mass is 524 g/mol. The molecule has 0 aromatic heterocycles. The fraction of sp³-hybridized carbons (Fsp3) is 0.185. The second kappa shape index (κ2) is 11.2. The summed E-state index contributed by atoms with van der Waals surface area (Å²) in [5, 5.41) is 0.684. The van der Waals surface area contributed by atoms with Crippen LogP contribution in [0.5, 0.6) is 11.5 Å². The van der Waals surface area contributed by atoms with Gasteiger partial charge in [-0.2, -0.15) is 0 Å². The van der Waals surface area contributed by atoms with E-state index in [1.165, 1.54) is 11.8 Å². The first kappa shape index (κ1) is 25.1. The van der Waals surface area contributed by atoms with E-state index < -0.39 is 0 Å². The first-order chi connectivity index (χ1) is 16.9. The molecule has 0 bridgehead atoms. The maximum atomic E-state index is 13.2. The fourth-order valence-electron chi connectivity index (χ4n) is 3.49. The summed E-state index contributed by atoms with van der Waals surface area (Å²) in [7, 11) is 3.95. The summed E-state index contributed by atoms with van der Waals surface area (Å²) in [6.07, 6.45) is 1.83. The first-order valence-corrected chi connectivity index (χ1v) is 12.7. The molecule has 0 aliphatic carbocycles. The van der Waals surface area contributed by atoms with Crippen LogP contribution in [0.2, 0.25) is 5.02 Å². The van der Waals surface area contributed by atoms with Crippen LogP contribution < -0.4 is 19.3 Å². The lowest BCUT2D eigenvalue weighted by atomic mass is 10.1. The number of thiocarbonyl (C=S) groups is 1. The van der Waals surface area contributed by atoms with Gasteiger partial charge in [-0.3, -0.25) is 9.69 Å². The van der Waals surface area contributed by atoms with E-state index in [1.807, 2.05) is 98.7 Å². The second-order valence-electron chi connectivity index (χ2n) is 7.98. The number of ether oxygens (including phenoxy) is 2. The van der Waals surface area contributed by atoms with E-state index in [2.05, 4.69) is 0 Å². The number of amides is 1. The van der Waals surface area contributed by atoms with Crippen molar-refractivity contribution in [2.24, 2.45) is 0 Å². The number of halogens is 1. The van der Waals surface area contributed by atoms with Crippen molar-refractivity contribution < 1.29 is 14.3 Å². The number of hydrogen-bond donors (Lipinski definition) is 0. The number of benzene rings is 3. The minimum atomic E-state index is -0.140. The van der Waals surface area contributed by atoms with E-state index in [4.69, 9.17) is 33.3 Å². The number of nitrogens with zero attached hydrogens (tertiary/aromatic N) is 2. The highest BCUT2D eigenvalue weighted by Gasteiger charge is 2.33. The molecule has 180 valence electrons. The van der Waals surface area contributed by atoms with E-state index in [0.29, 0.717) is 39.0 Å². The number of hydrogen-bond acceptors (Lipinski definition) is 6. The smallest absolute Gasteiger partial charge is 0.270 e. The molecule has 0 atom stereocenters. The van der Waals surface area contributed by atoms with E-state index in [9.17, 15) is 4.79 Å². The number of anilines is 2. The molecular formula is C27H25ClN2O3S2. The molecule has 1 amide bonds. The molecule has 3 aromatic carbocycles. The summed E-state index contributed by atoms with van der Waals surface area (Å²) < 4.78 is 12.3. The molecule has 0 saturated carbocycles. The number of carbonyl (C=O) groups excluding carboxylic acids is 1. The third kappa shape index (κ3) is 5.99. The van der Waals surface area contributed by atoms with E-state index in [0.717, 1.165) is 22.5 Å². The quantitative estimate of drug-likeness (QED) is 0.239. The summed E-state index contributed by atoms with van der Waals surface area (Å²) in [6.45, 7) is 2.80. The Balaban J connectivity index is 1.53. The Bertz CT molecular complexity index is 1260. The van der Waals surface area contributed by atoms with Crippen LogP contribution in [0.15, 0.2) is 71.6 Å². The van der Waals surface area contributed by atoms with Crippen molar-refractivity contribution in [2.45, 2.75) is 13.5 Å². The van der Waals surface area contributed by atoms with E-state index in [-0.39, 0.29) is 5.91 Å². The van der Waals surface area contributed by atoms with Crippen molar-refractivity contribution in [1.29, 1.82) is 0 Å². The maximum Gasteiger partial charge on any atom is 0.270 e. The molecule has 35 heavy (non-hydrogen) atoms. The molecule has 1 fully saturated rings. The summed E-state index contributed by atoms with van der Waals surface area (Å²) in [5.74, 6) is 1.11. The highest BCUT2D eigenvalue weighted by Crippen LogP contribution is 2.38. The van der Waals surface area contributed by atoms with Gasteiger partial charge in [0.25, 0.3) is 5.91 Å². The van der Waals surface area contributed by atoms with Gasteiger partial charge in [-0.1, -0.05) is 53.8 Å². The van der Waals surface area contributed by atoms with Crippen LogP contribution in [0.4, 0.5) is 11.4 Å². The Kier molecular flexibility index (Phi) is 8.00. The minimum absolute atomic E-state index is 0.140. The topological polar surface area (TPSA) is 42.0 Å². The summed E-state index contributed by atoms with van der Waals surface area (Å²) >= 11 is 12.8. The van der Waals surface area contributed by atoms with Gasteiger partial charge in [-0.25, -0.2) is 0 Å². The molecule has 0 radical (unpaired) electrons. The predicted octanol–water partition coefficient (Wildman–Crippen LogP) is 6.79. The lowest BCUT2D eigenvalue weighted by Gasteiger charge is -2.17. The molecule has 3 aromatic rings. The lowest BCUT2D eigenvalue weighted by Crippen LogP contribution is -2.27. The Morgan fingerprint density at radius 2 is 1.71 bits per heavy atom. The van der Waals surface area contributed by atoms with Gasteiger partial charge in [-0.15, -0.1) is 0 Å². The van der Waals surface area contributed by atoms with Crippen molar-refractivity contribution in [3.05, 3.63) is 87.8 Å². The van der Waals surface area contributed by atoms with E-state index in [1.54, 1.807) is 4.90 Å². The third-order valence-corrected chi connectivity index (χ3v) is 6.85. The number of thioether (sulfide) groups is 1. The van der Waals surface area contributed by atoms with Gasteiger partial charge in [0.2, 0.25) is 0 Å². The third-order valence-electron chi connectivity index (χ3n) is 5.29. The lowest BCUT2D eigenvalue weighted by molar-refractivity contribution is -0.113. The SMILES string of the molecule is CCOc1cc(/C=C2/SC(=S)N(c3ccc(N(C)C)cc3)C2=O)ccc1OCc1ccc(Cl)cc1. The average Bonchev–Trinajstić information content (AvgIpc) is 3.12. The molecule has 1 saturated heterocycles. The molecular weight excluding hydrogens is 500 g/mol. The fourth-order valence-corrected chi connectivity index (χ4v) is 4.91. The largest absolute Gasteiger partial charge is 0.490 e. The van der Waals surface area contributed by atoms with Crippen LogP contribution in [0.3, 0.4) is 0 Å². The zero-order valence-corrected chi connectivity index (χ0v) is 22.0. The van der Waals surface area contributed by atoms with Crippen LogP contribution in [0.25, 0.3) is 6.08 Å². The van der Waals surface area contributed by atoms with Crippen LogP contribution >= 0.6 is 35.6 Å². The van der Waals surface area contributed by atoms with Crippen LogP contribution in [-0.2, 0) is 11.4 Å². The van der Waals surface area contributed by atoms with Gasteiger partial charge in [0.1, 0.15) is 6.61 Å². The van der Waals surface area contributed by atoms with Crippen molar-refractivity contribution in [3.63, 3.8) is 0 Å². The standard InChI is InChI=1S/C27H25ClN2O3S2/c1-4-32-24-15-19(7-14-23(24)33-17-18-5-8-20(28)9-6-18)16-25-26(31)30(27(34)35-25)22-12-10-21(11-13-22)29(2)3/h5-16H,4,17H2,1-3H3/b25-16+.